The van der Waals surface area contributed by atoms with Crippen molar-refractivity contribution in [1.82, 2.24) is 9.55 Å². The van der Waals surface area contributed by atoms with Crippen molar-refractivity contribution in [3.8, 4) is 11.8 Å². The Morgan fingerprint density at radius 1 is 1.33 bits per heavy atom. The number of halogens is 3. The van der Waals surface area contributed by atoms with Crippen molar-refractivity contribution >= 4 is 5.97 Å². The van der Waals surface area contributed by atoms with Crippen molar-refractivity contribution in [2.75, 3.05) is 13.2 Å². The zero-order chi connectivity index (χ0) is 22.7. The highest BCUT2D eigenvalue weighted by molar-refractivity contribution is 5.65. The molecule has 1 aromatic heterocycles. The van der Waals surface area contributed by atoms with E-state index in [9.17, 15) is 27.6 Å². The Hall–Kier alpha value is -2.58. The minimum Gasteiger partial charge on any atom is -0.463 e. The number of esters is 1. The van der Waals surface area contributed by atoms with Gasteiger partial charge in [0.05, 0.1) is 6.10 Å². The minimum absolute atomic E-state index is 0.00756. The molecule has 0 aromatic carbocycles. The average molecular weight is 432 g/mol. The minimum atomic E-state index is -4.95. The van der Waals surface area contributed by atoms with Gasteiger partial charge in [-0.25, -0.2) is 4.79 Å². The Kier molecular flexibility index (Phi) is 7.15. The van der Waals surface area contributed by atoms with Gasteiger partial charge in [0.15, 0.2) is 0 Å². The van der Waals surface area contributed by atoms with Crippen molar-refractivity contribution < 1.29 is 32.2 Å². The number of rotatable bonds is 5. The third-order valence-electron chi connectivity index (χ3n) is 4.05. The number of H-pyrrole nitrogens is 1. The predicted molar refractivity (Wildman–Crippen MR) is 98.5 cm³/mol. The topological polar surface area (TPSA) is 99.6 Å². The van der Waals surface area contributed by atoms with Crippen LogP contribution in [0.3, 0.4) is 0 Å². The Labute approximate surface area is 170 Å². The van der Waals surface area contributed by atoms with Gasteiger partial charge in [-0.15, -0.1) is 0 Å². The largest absolute Gasteiger partial charge is 0.463 e. The molecule has 11 heteroatoms. The van der Waals surface area contributed by atoms with E-state index in [0.29, 0.717) is 10.8 Å². The Bertz CT molecular complexity index is 948. The van der Waals surface area contributed by atoms with E-state index in [1.165, 1.54) is 6.92 Å². The van der Waals surface area contributed by atoms with Crippen LogP contribution in [0.4, 0.5) is 13.2 Å². The predicted octanol–water partition coefficient (Wildman–Crippen LogP) is 1.84. The second kappa shape index (κ2) is 9.06. The van der Waals surface area contributed by atoms with Crippen molar-refractivity contribution in [3.05, 3.63) is 32.6 Å². The molecule has 1 aliphatic rings. The van der Waals surface area contributed by atoms with E-state index in [1.807, 2.05) is 20.8 Å². The number of nitrogens with one attached hydrogen (secondary N) is 1. The lowest BCUT2D eigenvalue weighted by atomic mass is 9.98. The molecule has 0 saturated carbocycles. The number of carbonyl (C=O) groups is 1. The summed E-state index contributed by atoms with van der Waals surface area (Å²) in [4.78, 5) is 36.3. The molecule has 1 saturated heterocycles. The summed E-state index contributed by atoms with van der Waals surface area (Å²) < 4.78 is 56.0. The molecular formula is C19H23F3N2O6. The Morgan fingerprint density at radius 3 is 2.57 bits per heavy atom. The number of hydrogen-bond acceptors (Lipinski definition) is 6. The van der Waals surface area contributed by atoms with Crippen molar-refractivity contribution in [2.24, 2.45) is 5.41 Å². The first-order valence-electron chi connectivity index (χ1n) is 9.11. The summed E-state index contributed by atoms with van der Waals surface area (Å²) >= 11 is 0. The molecule has 1 N–H and O–H groups in total. The number of ether oxygens (including phenoxy) is 3. The summed E-state index contributed by atoms with van der Waals surface area (Å²) in [6.45, 7) is 6.74. The highest BCUT2D eigenvalue weighted by Gasteiger charge is 2.40. The number of aromatic nitrogens is 2. The lowest BCUT2D eigenvalue weighted by Crippen LogP contribution is -2.36. The smallest absolute Gasteiger partial charge is 0.423 e. The van der Waals surface area contributed by atoms with Crippen LogP contribution in [0.1, 0.15) is 45.9 Å². The van der Waals surface area contributed by atoms with Crippen molar-refractivity contribution in [2.45, 2.75) is 58.7 Å². The molecule has 2 heterocycles. The second-order valence-corrected chi connectivity index (χ2v) is 7.78. The normalized spacial score (nSPS) is 21.8. The molecule has 3 atom stereocenters. The van der Waals surface area contributed by atoms with Crippen molar-refractivity contribution in [1.29, 1.82) is 0 Å². The van der Waals surface area contributed by atoms with Crippen LogP contribution in [-0.2, 0) is 25.2 Å². The molecule has 0 spiro atoms. The first-order chi connectivity index (χ1) is 13.8. The van der Waals surface area contributed by atoms with Gasteiger partial charge in [0.25, 0.3) is 5.56 Å². The van der Waals surface area contributed by atoms with Gasteiger partial charge in [0, 0.05) is 25.0 Å². The fourth-order valence-electron chi connectivity index (χ4n) is 2.75. The summed E-state index contributed by atoms with van der Waals surface area (Å²) in [6, 6.07) is 0. The van der Waals surface area contributed by atoms with E-state index in [0.717, 1.165) is 0 Å². The van der Waals surface area contributed by atoms with Gasteiger partial charge in [-0.1, -0.05) is 11.8 Å². The van der Waals surface area contributed by atoms with Crippen LogP contribution in [0.2, 0.25) is 0 Å². The van der Waals surface area contributed by atoms with Gasteiger partial charge < -0.3 is 14.2 Å². The SMILES string of the molecule is CC(=O)OC[C@H]1O[C@@H](n2cc(C(F)(F)F)c(=O)[nH]c2=O)C[C@@H]1OCC#CC(C)(C)C. The van der Waals surface area contributed by atoms with Crippen LogP contribution < -0.4 is 11.2 Å². The first kappa shape index (κ1) is 23.7. The maximum Gasteiger partial charge on any atom is 0.423 e. The molecule has 1 aliphatic heterocycles. The highest BCUT2D eigenvalue weighted by Crippen LogP contribution is 2.32. The maximum atomic E-state index is 13.0. The molecule has 0 aliphatic carbocycles. The van der Waals surface area contributed by atoms with Crippen molar-refractivity contribution in [3.63, 3.8) is 0 Å². The zero-order valence-electron chi connectivity index (χ0n) is 17.0. The number of nitrogens with zero attached hydrogens (tertiary/aromatic N) is 1. The molecule has 30 heavy (non-hydrogen) atoms. The lowest BCUT2D eigenvalue weighted by molar-refractivity contribution is -0.148. The van der Waals surface area contributed by atoms with Gasteiger partial charge in [-0.05, 0) is 20.8 Å². The van der Waals surface area contributed by atoms with Gasteiger partial charge in [-0.3, -0.25) is 19.1 Å². The van der Waals surface area contributed by atoms with E-state index in [1.54, 1.807) is 4.98 Å². The molecule has 166 valence electrons. The van der Waals surface area contributed by atoms with Crippen LogP contribution in [0.5, 0.6) is 0 Å². The maximum absolute atomic E-state index is 13.0. The monoisotopic (exact) mass is 432 g/mol. The third-order valence-corrected chi connectivity index (χ3v) is 4.05. The molecule has 8 nitrogen and oxygen atoms in total. The van der Waals surface area contributed by atoms with E-state index in [2.05, 4.69) is 11.8 Å². The standard InChI is InChI=1S/C19H23F3N2O6/c1-11(25)29-10-14-13(28-7-5-6-18(2,3)4)8-15(30-14)24-9-12(19(20,21)22)16(26)23-17(24)27/h9,13-15H,7-8,10H2,1-4H3,(H,23,26,27)/t13-,14+,15+/m0/s1. The molecular weight excluding hydrogens is 409 g/mol. The molecule has 0 bridgehead atoms. The van der Waals surface area contributed by atoms with Crippen LogP contribution >= 0.6 is 0 Å². The second-order valence-electron chi connectivity index (χ2n) is 7.78. The van der Waals surface area contributed by atoms with Gasteiger partial charge in [0.2, 0.25) is 0 Å². The Morgan fingerprint density at radius 2 is 2.00 bits per heavy atom. The van der Waals surface area contributed by atoms with Gasteiger partial charge >= 0.3 is 17.8 Å². The quantitative estimate of drug-likeness (QED) is 0.563. The third kappa shape index (κ3) is 6.47. The van der Waals surface area contributed by atoms with E-state index < -0.39 is 47.4 Å². The summed E-state index contributed by atoms with van der Waals surface area (Å²) in [7, 11) is 0. The summed E-state index contributed by atoms with van der Waals surface area (Å²) in [5, 5.41) is 0. The molecule has 1 fully saturated rings. The molecule has 1 aromatic rings. The highest BCUT2D eigenvalue weighted by atomic mass is 19.4. The van der Waals surface area contributed by atoms with Crippen LogP contribution in [-0.4, -0.2) is 40.9 Å². The summed E-state index contributed by atoms with van der Waals surface area (Å²) in [5.41, 5.74) is -4.37. The van der Waals surface area contributed by atoms with Crippen LogP contribution in [0.25, 0.3) is 0 Å². The number of carbonyl (C=O) groups excluding carboxylic acids is 1. The fourth-order valence-corrected chi connectivity index (χ4v) is 2.75. The Balaban J connectivity index is 2.25. The van der Waals surface area contributed by atoms with Crippen LogP contribution in [0, 0.1) is 17.3 Å². The number of alkyl halides is 3. The first-order valence-corrected chi connectivity index (χ1v) is 9.11. The molecule has 0 amide bonds. The molecule has 0 radical (unpaired) electrons. The van der Waals surface area contributed by atoms with Crippen LogP contribution in [0.15, 0.2) is 15.8 Å². The number of hydrogen-bond donors (Lipinski definition) is 1. The number of aromatic amines is 1. The summed E-state index contributed by atoms with van der Waals surface area (Å²) in [5.74, 6) is 5.24. The van der Waals surface area contributed by atoms with Gasteiger partial charge in [0.1, 0.15) is 31.1 Å². The fraction of sp³-hybridized carbons (Fsp3) is 0.632. The molecule has 2 rings (SSSR count). The average Bonchev–Trinajstić information content (AvgIpc) is 2.97. The zero-order valence-corrected chi connectivity index (χ0v) is 17.0. The lowest BCUT2D eigenvalue weighted by Gasteiger charge is -2.18. The van der Waals surface area contributed by atoms with E-state index >= 15 is 0 Å². The van der Waals surface area contributed by atoms with Gasteiger partial charge in [-0.2, -0.15) is 13.2 Å². The molecule has 0 unspecified atom stereocenters. The van der Waals surface area contributed by atoms with E-state index in [4.69, 9.17) is 14.2 Å². The summed E-state index contributed by atoms with van der Waals surface area (Å²) in [6.07, 6.45) is -7.23. The van der Waals surface area contributed by atoms with E-state index in [-0.39, 0.29) is 25.0 Å².